The van der Waals surface area contributed by atoms with Gasteiger partial charge in [0.25, 0.3) is 5.91 Å². The van der Waals surface area contributed by atoms with Crippen molar-refractivity contribution in [2.24, 2.45) is 0 Å². The highest BCUT2D eigenvalue weighted by Gasteiger charge is 2.26. The van der Waals surface area contributed by atoms with E-state index < -0.39 is 11.5 Å². The molecule has 8 nitrogen and oxygen atoms in total. The van der Waals surface area contributed by atoms with E-state index in [9.17, 15) is 20.0 Å². The van der Waals surface area contributed by atoms with Gasteiger partial charge in [-0.15, -0.1) is 0 Å². The van der Waals surface area contributed by atoms with Gasteiger partial charge in [0.05, 0.1) is 0 Å². The normalized spacial score (nSPS) is 15.5. The average molecular weight is 386 g/mol. The summed E-state index contributed by atoms with van der Waals surface area (Å²) in [7, 11) is 0. The minimum absolute atomic E-state index is 0.0233. The van der Waals surface area contributed by atoms with Crippen molar-refractivity contribution in [2.75, 3.05) is 18.4 Å². The molecular formula is C20H26N4O4. The van der Waals surface area contributed by atoms with Crippen LogP contribution in [0.4, 0.5) is 10.5 Å². The van der Waals surface area contributed by atoms with Gasteiger partial charge >= 0.3 is 6.09 Å². The van der Waals surface area contributed by atoms with Gasteiger partial charge in [0, 0.05) is 37.1 Å². The number of aromatic hydroxyl groups is 1. The molecule has 28 heavy (non-hydrogen) atoms. The first-order valence-corrected chi connectivity index (χ1v) is 9.12. The summed E-state index contributed by atoms with van der Waals surface area (Å²) in [6, 6.07) is 8.02. The Morgan fingerprint density at radius 1 is 1.32 bits per heavy atom. The Labute approximate surface area is 164 Å². The lowest BCUT2D eigenvalue weighted by Crippen LogP contribution is -2.45. The number of hydrogen-bond acceptors (Lipinski definition) is 6. The molecule has 2 amide bonds. The van der Waals surface area contributed by atoms with Crippen LogP contribution in [-0.2, 0) is 9.53 Å². The highest BCUT2D eigenvalue weighted by atomic mass is 16.6. The van der Waals surface area contributed by atoms with E-state index in [0.717, 1.165) is 0 Å². The van der Waals surface area contributed by atoms with E-state index in [1.165, 1.54) is 18.3 Å². The van der Waals surface area contributed by atoms with E-state index in [4.69, 9.17) is 4.74 Å². The van der Waals surface area contributed by atoms with Crippen LogP contribution in [0.1, 0.15) is 33.6 Å². The lowest BCUT2D eigenvalue weighted by atomic mass is 10.1. The number of carbonyl (C=O) groups is 2. The molecule has 150 valence electrons. The monoisotopic (exact) mass is 386 g/mol. The van der Waals surface area contributed by atoms with E-state index >= 15 is 0 Å². The number of nitrogens with zero attached hydrogens (tertiary/aromatic N) is 2. The van der Waals surface area contributed by atoms with Crippen LogP contribution in [-0.4, -0.2) is 46.7 Å². The molecule has 1 aromatic carbocycles. The highest BCUT2D eigenvalue weighted by molar-refractivity contribution is 6.06. The van der Waals surface area contributed by atoms with Gasteiger partial charge < -0.3 is 25.4 Å². The molecule has 0 saturated carbocycles. The maximum absolute atomic E-state index is 12.2. The van der Waals surface area contributed by atoms with Gasteiger partial charge in [-0.05, 0) is 45.7 Å². The smallest absolute Gasteiger partial charge is 0.410 e. The van der Waals surface area contributed by atoms with Crippen molar-refractivity contribution in [1.82, 2.24) is 10.2 Å². The molecule has 1 aliphatic heterocycles. The van der Waals surface area contributed by atoms with Gasteiger partial charge in [-0.25, -0.2) is 4.79 Å². The molecule has 0 aliphatic carbocycles. The fraction of sp³-hybridized carbons (Fsp3) is 0.450. The average Bonchev–Trinajstić information content (AvgIpc) is 2.61. The number of nitriles is 1. The quantitative estimate of drug-likeness (QED) is 0.541. The van der Waals surface area contributed by atoms with Crippen molar-refractivity contribution >= 4 is 17.7 Å². The Bertz CT molecular complexity index is 784. The number of phenolic OH excluding ortho intramolecular Hbond substituents is 1. The lowest BCUT2D eigenvalue weighted by Gasteiger charge is -2.33. The molecular weight excluding hydrogens is 360 g/mol. The van der Waals surface area contributed by atoms with E-state index in [-0.39, 0.29) is 23.5 Å². The molecule has 1 heterocycles. The Kier molecular flexibility index (Phi) is 6.88. The number of carbonyl (C=O) groups excluding carboxylic acids is 2. The Balaban J connectivity index is 1.86. The van der Waals surface area contributed by atoms with Crippen LogP contribution >= 0.6 is 0 Å². The predicted octanol–water partition coefficient (Wildman–Crippen LogP) is 2.73. The van der Waals surface area contributed by atoms with Crippen LogP contribution in [0.5, 0.6) is 5.75 Å². The summed E-state index contributed by atoms with van der Waals surface area (Å²) in [6.07, 6.45) is 2.43. The topological polar surface area (TPSA) is 115 Å². The molecule has 1 aromatic rings. The van der Waals surface area contributed by atoms with E-state index in [0.29, 0.717) is 31.6 Å². The minimum Gasteiger partial charge on any atom is -0.508 e. The molecule has 0 atom stereocenters. The zero-order chi connectivity index (χ0) is 20.7. The molecule has 1 aliphatic rings. The van der Waals surface area contributed by atoms with Crippen molar-refractivity contribution in [3.8, 4) is 11.8 Å². The molecule has 1 fully saturated rings. The zero-order valence-corrected chi connectivity index (χ0v) is 16.4. The highest BCUT2D eigenvalue weighted by Crippen LogP contribution is 2.17. The third-order valence-electron chi connectivity index (χ3n) is 4.08. The molecule has 2 rings (SSSR count). The summed E-state index contributed by atoms with van der Waals surface area (Å²) in [4.78, 5) is 25.9. The first-order valence-electron chi connectivity index (χ1n) is 9.12. The summed E-state index contributed by atoms with van der Waals surface area (Å²) >= 11 is 0. The van der Waals surface area contributed by atoms with E-state index in [1.54, 1.807) is 17.0 Å². The van der Waals surface area contributed by atoms with Crippen molar-refractivity contribution in [3.05, 3.63) is 36.0 Å². The van der Waals surface area contributed by atoms with Crippen LogP contribution in [0.15, 0.2) is 36.0 Å². The van der Waals surface area contributed by atoms with Crippen LogP contribution in [0.3, 0.4) is 0 Å². The Morgan fingerprint density at radius 3 is 2.57 bits per heavy atom. The fourth-order valence-electron chi connectivity index (χ4n) is 2.69. The van der Waals surface area contributed by atoms with Crippen molar-refractivity contribution in [3.63, 3.8) is 0 Å². The standard InChI is InChI=1S/C20H26N4O4/c1-20(2,3)28-19(27)24-9-7-15(8-10-24)22-13-14(12-21)18(26)23-16-5-4-6-17(25)11-16/h4-6,11,13,15,22,25H,7-10H2,1-3H3,(H,23,26)/b14-13-. The largest absolute Gasteiger partial charge is 0.508 e. The second-order valence-corrected chi connectivity index (χ2v) is 7.58. The summed E-state index contributed by atoms with van der Waals surface area (Å²) in [5.41, 5.74) is -0.200. The maximum Gasteiger partial charge on any atom is 0.410 e. The number of piperidine rings is 1. The molecule has 3 N–H and O–H groups in total. The van der Waals surface area contributed by atoms with Crippen molar-refractivity contribution in [2.45, 2.75) is 45.3 Å². The van der Waals surface area contributed by atoms with Crippen molar-refractivity contribution in [1.29, 1.82) is 5.26 Å². The Morgan fingerprint density at radius 2 is 2.00 bits per heavy atom. The molecule has 0 spiro atoms. The number of ether oxygens (including phenoxy) is 1. The third-order valence-corrected chi connectivity index (χ3v) is 4.08. The maximum atomic E-state index is 12.2. The number of benzene rings is 1. The van der Waals surface area contributed by atoms with Gasteiger partial charge in [0.2, 0.25) is 0 Å². The number of nitrogens with one attached hydrogen (secondary N) is 2. The summed E-state index contributed by atoms with van der Waals surface area (Å²) in [5, 5.41) is 24.3. The van der Waals surface area contributed by atoms with E-state index in [1.807, 2.05) is 26.8 Å². The fourth-order valence-corrected chi connectivity index (χ4v) is 2.69. The predicted molar refractivity (Wildman–Crippen MR) is 104 cm³/mol. The summed E-state index contributed by atoms with van der Waals surface area (Å²) < 4.78 is 5.37. The number of anilines is 1. The molecule has 0 radical (unpaired) electrons. The van der Waals surface area contributed by atoms with Crippen LogP contribution in [0.25, 0.3) is 0 Å². The second-order valence-electron chi connectivity index (χ2n) is 7.58. The molecule has 0 aromatic heterocycles. The molecule has 8 heteroatoms. The third kappa shape index (κ3) is 6.50. The van der Waals surface area contributed by atoms with Gasteiger partial charge in [-0.2, -0.15) is 5.26 Å². The van der Waals surface area contributed by atoms with Crippen molar-refractivity contribution < 1.29 is 19.4 Å². The number of hydrogen-bond donors (Lipinski definition) is 3. The number of likely N-dealkylation sites (tertiary alicyclic amines) is 1. The summed E-state index contributed by atoms with van der Waals surface area (Å²) in [6.45, 7) is 6.56. The van der Waals surface area contributed by atoms with Crippen LogP contribution in [0, 0.1) is 11.3 Å². The summed E-state index contributed by atoms with van der Waals surface area (Å²) in [5.74, 6) is -0.540. The van der Waals surface area contributed by atoms with Gasteiger partial charge in [-0.1, -0.05) is 6.07 Å². The second kappa shape index (κ2) is 9.13. The number of rotatable bonds is 4. The molecule has 0 unspecified atom stereocenters. The SMILES string of the molecule is CC(C)(C)OC(=O)N1CCC(N/C=C(/C#N)C(=O)Nc2cccc(O)c2)CC1. The lowest BCUT2D eigenvalue weighted by molar-refractivity contribution is -0.112. The number of phenols is 1. The first kappa shape index (κ1) is 21.1. The molecule has 1 saturated heterocycles. The van der Waals surface area contributed by atoms with Gasteiger partial charge in [0.1, 0.15) is 23.0 Å². The van der Waals surface area contributed by atoms with Gasteiger partial charge in [0.15, 0.2) is 0 Å². The number of amides is 2. The van der Waals surface area contributed by atoms with Crippen LogP contribution in [0.2, 0.25) is 0 Å². The molecule has 0 bridgehead atoms. The zero-order valence-electron chi connectivity index (χ0n) is 16.4. The van der Waals surface area contributed by atoms with Crippen LogP contribution < -0.4 is 10.6 Å². The Hall–Kier alpha value is -3.21. The van der Waals surface area contributed by atoms with Gasteiger partial charge in [-0.3, -0.25) is 4.79 Å². The first-order chi connectivity index (χ1) is 13.2. The minimum atomic E-state index is -0.563. The van der Waals surface area contributed by atoms with E-state index in [2.05, 4.69) is 10.6 Å².